The molecule has 5 nitrogen and oxygen atoms in total. The predicted octanol–water partition coefficient (Wildman–Crippen LogP) is 5.36. The summed E-state index contributed by atoms with van der Waals surface area (Å²) < 4.78 is 6.61. The summed E-state index contributed by atoms with van der Waals surface area (Å²) in [4.78, 5) is 3.09. The van der Waals surface area contributed by atoms with Crippen LogP contribution in [0.4, 0.5) is 0 Å². The SMILES string of the molecule is C=C1CC[C@H]([C@@]2(C)CC[C@H](Cl)C(C)(C)O2)[C@@H]2[C@@H]1CC[C@@](C)(O)[C@@H]2N=[N+]=[N-]. The Balaban J connectivity index is 2.00. The Labute approximate surface area is 161 Å². The van der Waals surface area contributed by atoms with Crippen molar-refractivity contribution in [3.05, 3.63) is 22.6 Å². The van der Waals surface area contributed by atoms with E-state index in [1.807, 2.05) is 0 Å². The number of hydrogen-bond donors (Lipinski definition) is 1. The van der Waals surface area contributed by atoms with Crippen LogP contribution in [0, 0.1) is 17.8 Å². The summed E-state index contributed by atoms with van der Waals surface area (Å²) in [5.41, 5.74) is 8.67. The van der Waals surface area contributed by atoms with Crippen molar-refractivity contribution in [2.75, 3.05) is 0 Å². The van der Waals surface area contributed by atoms with Crippen LogP contribution in [0.15, 0.2) is 17.3 Å². The van der Waals surface area contributed by atoms with Crippen LogP contribution in [0.1, 0.15) is 66.2 Å². The van der Waals surface area contributed by atoms with Gasteiger partial charge in [0.1, 0.15) is 0 Å². The Kier molecular flexibility index (Phi) is 5.16. The Morgan fingerprint density at radius 3 is 2.54 bits per heavy atom. The van der Waals surface area contributed by atoms with E-state index in [1.54, 1.807) is 6.92 Å². The summed E-state index contributed by atoms with van der Waals surface area (Å²) in [6.07, 6.45) is 5.24. The minimum absolute atomic E-state index is 0.00711. The second-order valence-electron chi connectivity index (χ2n) is 9.56. The molecule has 26 heavy (non-hydrogen) atoms. The summed E-state index contributed by atoms with van der Waals surface area (Å²) in [6.45, 7) is 12.4. The smallest absolute Gasteiger partial charge is 0.0796 e. The quantitative estimate of drug-likeness (QED) is 0.229. The van der Waals surface area contributed by atoms with Crippen molar-refractivity contribution in [3.63, 3.8) is 0 Å². The summed E-state index contributed by atoms with van der Waals surface area (Å²) >= 11 is 6.51. The van der Waals surface area contributed by atoms with Gasteiger partial charge in [-0.15, -0.1) is 11.6 Å². The van der Waals surface area contributed by atoms with Crippen molar-refractivity contribution in [2.45, 2.75) is 94.4 Å². The van der Waals surface area contributed by atoms with Gasteiger partial charge in [0.2, 0.25) is 0 Å². The number of allylic oxidation sites excluding steroid dienone is 1. The van der Waals surface area contributed by atoms with Crippen molar-refractivity contribution >= 4 is 11.6 Å². The number of rotatable bonds is 2. The minimum atomic E-state index is -0.987. The van der Waals surface area contributed by atoms with Crippen molar-refractivity contribution in [1.29, 1.82) is 0 Å². The molecule has 3 fully saturated rings. The van der Waals surface area contributed by atoms with Gasteiger partial charge in [-0.05, 0) is 89.5 Å². The monoisotopic (exact) mass is 381 g/mol. The van der Waals surface area contributed by atoms with Crippen LogP contribution < -0.4 is 0 Å². The molecule has 146 valence electrons. The molecule has 7 atom stereocenters. The van der Waals surface area contributed by atoms with Gasteiger partial charge in [-0.2, -0.15) is 0 Å². The van der Waals surface area contributed by atoms with Crippen molar-refractivity contribution in [2.24, 2.45) is 22.9 Å². The highest BCUT2D eigenvalue weighted by atomic mass is 35.5. The van der Waals surface area contributed by atoms with E-state index in [9.17, 15) is 5.11 Å². The highest BCUT2D eigenvalue weighted by molar-refractivity contribution is 6.21. The lowest BCUT2D eigenvalue weighted by atomic mass is 9.54. The Morgan fingerprint density at radius 2 is 1.92 bits per heavy atom. The third-order valence-electron chi connectivity index (χ3n) is 7.30. The minimum Gasteiger partial charge on any atom is -0.390 e. The second-order valence-corrected chi connectivity index (χ2v) is 10.1. The average molecular weight is 382 g/mol. The van der Waals surface area contributed by atoms with Gasteiger partial charge in [0.15, 0.2) is 0 Å². The largest absolute Gasteiger partial charge is 0.390 e. The van der Waals surface area contributed by atoms with Crippen LogP contribution in [-0.4, -0.2) is 33.3 Å². The first-order valence-corrected chi connectivity index (χ1v) is 10.2. The van der Waals surface area contributed by atoms with Crippen LogP contribution in [0.25, 0.3) is 10.4 Å². The zero-order valence-corrected chi connectivity index (χ0v) is 17.2. The predicted molar refractivity (Wildman–Crippen MR) is 104 cm³/mol. The maximum Gasteiger partial charge on any atom is 0.0796 e. The second kappa shape index (κ2) is 6.70. The lowest BCUT2D eigenvalue weighted by Crippen LogP contribution is -2.61. The van der Waals surface area contributed by atoms with Crippen LogP contribution in [0.5, 0.6) is 0 Å². The van der Waals surface area contributed by atoms with Gasteiger partial charge in [0, 0.05) is 4.91 Å². The lowest BCUT2D eigenvalue weighted by molar-refractivity contribution is -0.211. The highest BCUT2D eigenvalue weighted by Crippen LogP contribution is 2.56. The van der Waals surface area contributed by atoms with E-state index in [0.29, 0.717) is 6.42 Å². The molecule has 0 aromatic rings. The fourth-order valence-corrected chi connectivity index (χ4v) is 5.98. The van der Waals surface area contributed by atoms with E-state index in [1.165, 1.54) is 5.57 Å². The van der Waals surface area contributed by atoms with Gasteiger partial charge in [0.05, 0.1) is 28.2 Å². The standard InChI is InChI=1S/C20H32ClN3O2/c1-12-6-7-14(20(5)11-9-15(21)18(2,3)26-20)16-13(12)8-10-19(4,25)17(16)23-24-22/h13-17,25H,1,6-11H2,2-5H3/t13-,14+,15+,16+,17-,19-,20-/m1/s1. The zero-order chi connectivity index (χ0) is 19.3. The third kappa shape index (κ3) is 3.28. The van der Waals surface area contributed by atoms with Crippen molar-refractivity contribution in [1.82, 2.24) is 0 Å². The first-order valence-electron chi connectivity index (χ1n) is 9.80. The molecule has 1 saturated heterocycles. The van der Waals surface area contributed by atoms with Gasteiger partial charge < -0.3 is 9.84 Å². The van der Waals surface area contributed by atoms with Crippen LogP contribution in [0.2, 0.25) is 0 Å². The van der Waals surface area contributed by atoms with E-state index < -0.39 is 17.2 Å². The molecule has 1 heterocycles. The van der Waals surface area contributed by atoms with Gasteiger partial charge in [-0.3, -0.25) is 0 Å². The van der Waals surface area contributed by atoms with E-state index in [4.69, 9.17) is 21.9 Å². The number of halogens is 1. The maximum atomic E-state index is 11.0. The first-order chi connectivity index (χ1) is 12.0. The summed E-state index contributed by atoms with van der Waals surface area (Å²) in [5.74, 6) is 0.550. The first kappa shape index (κ1) is 20.0. The van der Waals surface area contributed by atoms with Crippen LogP contribution >= 0.6 is 11.6 Å². The molecule has 6 heteroatoms. The molecule has 3 aliphatic rings. The van der Waals surface area contributed by atoms with Gasteiger partial charge >= 0.3 is 0 Å². The molecule has 0 spiro atoms. The zero-order valence-electron chi connectivity index (χ0n) is 16.4. The van der Waals surface area contributed by atoms with Gasteiger partial charge in [-0.1, -0.05) is 17.3 Å². The normalized spacial score (nSPS) is 48.4. The van der Waals surface area contributed by atoms with E-state index in [0.717, 1.165) is 32.1 Å². The maximum absolute atomic E-state index is 11.0. The van der Waals surface area contributed by atoms with Crippen LogP contribution in [-0.2, 0) is 4.74 Å². The number of fused-ring (bicyclic) bond motifs is 1. The number of aliphatic hydroxyl groups is 1. The van der Waals surface area contributed by atoms with E-state index in [-0.39, 0.29) is 28.7 Å². The number of alkyl halides is 1. The molecule has 0 aromatic carbocycles. The number of azide groups is 1. The summed E-state index contributed by atoms with van der Waals surface area (Å²) in [6, 6.07) is -0.453. The fraction of sp³-hybridized carbons (Fsp3) is 0.900. The van der Waals surface area contributed by atoms with Crippen molar-refractivity contribution < 1.29 is 9.84 Å². The third-order valence-corrected chi connectivity index (χ3v) is 8.04. The van der Waals surface area contributed by atoms with Crippen LogP contribution in [0.3, 0.4) is 0 Å². The average Bonchev–Trinajstić information content (AvgIpc) is 2.54. The van der Waals surface area contributed by atoms with Gasteiger partial charge in [-0.25, -0.2) is 0 Å². The fourth-order valence-electron chi connectivity index (χ4n) is 5.83. The van der Waals surface area contributed by atoms with Crippen molar-refractivity contribution in [3.8, 4) is 0 Å². The molecule has 1 aliphatic heterocycles. The Bertz CT molecular complexity index is 629. The number of hydrogen-bond acceptors (Lipinski definition) is 3. The Hall–Kier alpha value is -0.740. The number of ether oxygens (including phenoxy) is 1. The van der Waals surface area contributed by atoms with E-state index >= 15 is 0 Å². The number of nitrogens with zero attached hydrogens (tertiary/aromatic N) is 3. The molecule has 3 rings (SSSR count). The molecule has 0 amide bonds. The molecule has 0 bridgehead atoms. The topological polar surface area (TPSA) is 78.2 Å². The molecule has 1 N–H and O–H groups in total. The molecule has 0 radical (unpaired) electrons. The molecular weight excluding hydrogens is 350 g/mol. The molecule has 2 saturated carbocycles. The molecule has 2 aliphatic carbocycles. The van der Waals surface area contributed by atoms with E-state index in [2.05, 4.69) is 37.4 Å². The molecule has 0 aromatic heterocycles. The molecular formula is C20H32ClN3O2. The summed E-state index contributed by atoms with van der Waals surface area (Å²) in [7, 11) is 0. The molecule has 0 unspecified atom stereocenters. The lowest BCUT2D eigenvalue weighted by Gasteiger charge is -2.58. The van der Waals surface area contributed by atoms with Gasteiger partial charge in [0.25, 0.3) is 0 Å². The Morgan fingerprint density at radius 1 is 1.23 bits per heavy atom. The summed E-state index contributed by atoms with van der Waals surface area (Å²) in [5, 5.41) is 15.1. The highest BCUT2D eigenvalue weighted by Gasteiger charge is 2.57.